The summed E-state index contributed by atoms with van der Waals surface area (Å²) in [6.45, 7) is 5.44. The summed E-state index contributed by atoms with van der Waals surface area (Å²) in [5, 5.41) is 1.75. The Morgan fingerprint density at radius 1 is 1.28 bits per heavy atom. The van der Waals surface area contributed by atoms with Crippen LogP contribution in [0.25, 0.3) is 0 Å². The topological polar surface area (TPSA) is 27.1 Å². The molecule has 138 valence electrons. The zero-order valence-electron chi connectivity index (χ0n) is 14.8. The van der Waals surface area contributed by atoms with Gasteiger partial charge in [0.25, 0.3) is 0 Å². The second-order valence-corrected chi connectivity index (χ2v) is 8.58. The van der Waals surface area contributed by atoms with Crippen LogP contribution < -0.4 is 4.74 Å². The van der Waals surface area contributed by atoms with E-state index in [2.05, 4.69) is 23.4 Å². The van der Waals surface area contributed by atoms with Crippen molar-refractivity contribution in [1.29, 1.82) is 0 Å². The number of nitrogens with zero attached hydrogens (tertiary/aromatic N) is 2. The number of hydrogen-bond acceptors (Lipinski definition) is 3. The highest BCUT2D eigenvalue weighted by Crippen LogP contribution is 2.30. The van der Waals surface area contributed by atoms with Crippen molar-refractivity contribution in [1.82, 2.24) is 9.55 Å². The molecule has 3 nitrogen and oxygen atoms in total. The van der Waals surface area contributed by atoms with Crippen LogP contribution in [0.2, 0.25) is 10.0 Å². The van der Waals surface area contributed by atoms with Gasteiger partial charge in [-0.15, -0.1) is 0 Å². The number of unbranched alkanes of at least 4 members (excludes halogenated alkanes) is 1. The molecule has 2 aromatic rings. The van der Waals surface area contributed by atoms with Gasteiger partial charge in [0, 0.05) is 29.2 Å². The van der Waals surface area contributed by atoms with E-state index in [9.17, 15) is 0 Å². The molecule has 1 heterocycles. The van der Waals surface area contributed by atoms with Crippen LogP contribution in [0.15, 0.2) is 36.9 Å². The third kappa shape index (κ3) is 7.51. The molecule has 0 saturated heterocycles. The van der Waals surface area contributed by atoms with Gasteiger partial charge < -0.3 is 9.30 Å². The Hall–Kier alpha value is -0.840. The predicted octanol–water partition coefficient (Wildman–Crippen LogP) is 6.34. The Morgan fingerprint density at radius 2 is 2.12 bits per heavy atom. The minimum atomic E-state index is 0.187. The average molecular weight is 401 g/mol. The first-order chi connectivity index (χ1) is 12.1. The van der Waals surface area contributed by atoms with Gasteiger partial charge in [-0.05, 0) is 36.8 Å². The van der Waals surface area contributed by atoms with E-state index in [-0.39, 0.29) is 6.10 Å². The quantitative estimate of drug-likeness (QED) is 0.440. The van der Waals surface area contributed by atoms with Gasteiger partial charge in [-0.1, -0.05) is 49.9 Å². The first kappa shape index (κ1) is 20.5. The van der Waals surface area contributed by atoms with E-state index in [4.69, 9.17) is 27.9 Å². The maximum Gasteiger partial charge on any atom is 0.138 e. The lowest BCUT2D eigenvalue weighted by Crippen LogP contribution is -2.19. The van der Waals surface area contributed by atoms with Crippen molar-refractivity contribution in [2.75, 3.05) is 5.75 Å². The van der Waals surface area contributed by atoms with Gasteiger partial charge in [-0.3, -0.25) is 0 Å². The highest BCUT2D eigenvalue weighted by Gasteiger charge is 2.14. The van der Waals surface area contributed by atoms with Gasteiger partial charge in [0.05, 0.1) is 17.5 Å². The normalized spacial score (nSPS) is 13.6. The van der Waals surface area contributed by atoms with Crippen molar-refractivity contribution in [3.8, 4) is 5.75 Å². The molecule has 2 atom stereocenters. The molecule has 0 aliphatic heterocycles. The van der Waals surface area contributed by atoms with Gasteiger partial charge in [0.2, 0.25) is 0 Å². The summed E-state index contributed by atoms with van der Waals surface area (Å²) < 4.78 is 8.29. The fraction of sp³-hybridized carbons (Fsp3) is 0.526. The summed E-state index contributed by atoms with van der Waals surface area (Å²) in [6.07, 6.45) is 10.3. The Labute approximate surface area is 165 Å². The van der Waals surface area contributed by atoms with Crippen LogP contribution in [0.1, 0.15) is 39.5 Å². The minimum absolute atomic E-state index is 0.187. The summed E-state index contributed by atoms with van der Waals surface area (Å²) >= 11 is 14.2. The van der Waals surface area contributed by atoms with Crippen LogP contribution in [-0.2, 0) is 6.54 Å². The second kappa shape index (κ2) is 11.0. The number of benzene rings is 1. The summed E-state index contributed by atoms with van der Waals surface area (Å²) in [5.41, 5.74) is 0. The summed E-state index contributed by atoms with van der Waals surface area (Å²) in [5.74, 6) is 1.79. The lowest BCUT2D eigenvalue weighted by atomic mass is 10.1. The Balaban J connectivity index is 1.82. The number of hydrogen-bond donors (Lipinski definition) is 0. The van der Waals surface area contributed by atoms with Crippen molar-refractivity contribution in [2.45, 2.75) is 57.4 Å². The maximum atomic E-state index is 6.25. The van der Waals surface area contributed by atoms with Crippen molar-refractivity contribution < 1.29 is 4.74 Å². The fourth-order valence-corrected chi connectivity index (χ4v) is 4.12. The molecule has 0 radical (unpaired) electrons. The van der Waals surface area contributed by atoms with Crippen LogP contribution in [-0.4, -0.2) is 26.7 Å². The zero-order valence-corrected chi connectivity index (χ0v) is 17.2. The zero-order chi connectivity index (χ0) is 18.1. The molecule has 0 N–H and O–H groups in total. The Bertz CT molecular complexity index is 622. The molecule has 25 heavy (non-hydrogen) atoms. The number of imidazole rings is 1. The SMILES string of the molecule is CCCCC(CCSC(C)Cn1ccnc1)Oc1ccc(Cl)cc1Cl. The number of thioether (sulfide) groups is 1. The molecule has 0 spiro atoms. The average Bonchev–Trinajstić information content (AvgIpc) is 3.07. The third-order valence-corrected chi connectivity index (χ3v) is 5.66. The van der Waals surface area contributed by atoms with Crippen molar-refractivity contribution in [3.05, 3.63) is 47.0 Å². The number of halogens is 2. The lowest BCUT2D eigenvalue weighted by molar-refractivity contribution is 0.185. The molecule has 0 amide bonds. The Morgan fingerprint density at radius 3 is 2.80 bits per heavy atom. The second-order valence-electron chi connectivity index (χ2n) is 6.19. The molecule has 0 fully saturated rings. The standard InChI is InChI=1S/C19H26Cl2N2OS/c1-3-4-5-17(24-19-7-6-16(20)12-18(19)21)8-11-25-15(2)13-23-10-9-22-14-23/h6-7,9-10,12,14-15,17H,3-5,8,11,13H2,1-2H3. The molecule has 1 aromatic carbocycles. The fourth-order valence-electron chi connectivity index (χ4n) is 2.59. The van der Waals surface area contributed by atoms with Crippen LogP contribution in [0, 0.1) is 0 Å². The van der Waals surface area contributed by atoms with E-state index in [1.807, 2.05) is 42.6 Å². The lowest BCUT2D eigenvalue weighted by Gasteiger charge is -2.21. The largest absolute Gasteiger partial charge is 0.489 e. The van der Waals surface area contributed by atoms with Crippen LogP contribution >= 0.6 is 35.0 Å². The predicted molar refractivity (Wildman–Crippen MR) is 109 cm³/mol. The highest BCUT2D eigenvalue weighted by atomic mass is 35.5. The van der Waals surface area contributed by atoms with Gasteiger partial charge in [-0.2, -0.15) is 11.8 Å². The summed E-state index contributed by atoms with van der Waals surface area (Å²) in [6, 6.07) is 5.41. The maximum absolute atomic E-state index is 6.25. The van der Waals surface area contributed by atoms with Gasteiger partial charge in [0.1, 0.15) is 5.75 Å². The van der Waals surface area contributed by atoms with Crippen molar-refractivity contribution in [3.63, 3.8) is 0 Å². The van der Waals surface area contributed by atoms with E-state index in [1.165, 1.54) is 6.42 Å². The smallest absolute Gasteiger partial charge is 0.138 e. The molecule has 6 heteroatoms. The van der Waals surface area contributed by atoms with Crippen molar-refractivity contribution in [2.24, 2.45) is 0 Å². The summed E-state index contributed by atoms with van der Waals surface area (Å²) in [4.78, 5) is 4.09. The molecule has 2 unspecified atom stereocenters. The highest BCUT2D eigenvalue weighted by molar-refractivity contribution is 7.99. The van der Waals surface area contributed by atoms with E-state index < -0.39 is 0 Å². The van der Waals surface area contributed by atoms with Crippen LogP contribution in [0.3, 0.4) is 0 Å². The third-order valence-electron chi connectivity index (χ3n) is 3.94. The molecule has 0 aliphatic rings. The van der Waals surface area contributed by atoms with Gasteiger partial charge >= 0.3 is 0 Å². The molecule has 0 aliphatic carbocycles. The number of rotatable bonds is 11. The van der Waals surface area contributed by atoms with E-state index in [1.54, 1.807) is 6.07 Å². The van der Waals surface area contributed by atoms with Crippen molar-refractivity contribution >= 4 is 35.0 Å². The molecular formula is C19H26Cl2N2OS. The van der Waals surface area contributed by atoms with Crippen LogP contribution in [0.4, 0.5) is 0 Å². The molecule has 0 bridgehead atoms. The molecule has 1 aromatic heterocycles. The first-order valence-corrected chi connectivity index (χ1v) is 10.6. The van der Waals surface area contributed by atoms with E-state index >= 15 is 0 Å². The first-order valence-electron chi connectivity index (χ1n) is 8.77. The number of aromatic nitrogens is 2. The molecule has 0 saturated carbocycles. The summed E-state index contributed by atoms with van der Waals surface area (Å²) in [7, 11) is 0. The van der Waals surface area contributed by atoms with E-state index in [0.717, 1.165) is 37.3 Å². The number of ether oxygens (including phenoxy) is 1. The van der Waals surface area contributed by atoms with Crippen LogP contribution in [0.5, 0.6) is 5.75 Å². The molecular weight excluding hydrogens is 375 g/mol. The van der Waals surface area contributed by atoms with Gasteiger partial charge in [-0.25, -0.2) is 4.98 Å². The van der Waals surface area contributed by atoms with E-state index in [0.29, 0.717) is 15.3 Å². The Kier molecular flexibility index (Phi) is 9.00. The monoisotopic (exact) mass is 400 g/mol. The van der Waals surface area contributed by atoms with Gasteiger partial charge in [0.15, 0.2) is 0 Å². The molecule has 2 rings (SSSR count). The minimum Gasteiger partial charge on any atom is -0.489 e.